The van der Waals surface area contributed by atoms with E-state index >= 15 is 0 Å². The van der Waals surface area contributed by atoms with Gasteiger partial charge < -0.3 is 9.84 Å². The molecule has 4 rings (SSSR count). The predicted molar refractivity (Wildman–Crippen MR) is 111 cm³/mol. The van der Waals surface area contributed by atoms with Crippen molar-refractivity contribution in [3.8, 4) is 17.1 Å². The van der Waals surface area contributed by atoms with Gasteiger partial charge in [0.2, 0.25) is 0 Å². The van der Waals surface area contributed by atoms with Crippen LogP contribution in [0.15, 0.2) is 35.0 Å². The molecule has 1 N–H and O–H groups in total. The van der Waals surface area contributed by atoms with Crippen molar-refractivity contribution in [2.24, 2.45) is 0 Å². The fourth-order valence-electron chi connectivity index (χ4n) is 3.54. The molecule has 2 aromatic heterocycles. The Balaban J connectivity index is 0.00000225. The van der Waals surface area contributed by atoms with E-state index in [9.17, 15) is 0 Å². The Morgan fingerprint density at radius 3 is 2.64 bits per heavy atom. The van der Waals surface area contributed by atoms with Gasteiger partial charge in [-0.15, -0.1) is 12.4 Å². The maximum Gasteiger partial charge on any atom is 0.261 e. The minimum absolute atomic E-state index is 0. The summed E-state index contributed by atoms with van der Waals surface area (Å²) in [6.07, 6.45) is 1.83. The summed E-state index contributed by atoms with van der Waals surface area (Å²) in [7, 11) is 2.09. The van der Waals surface area contributed by atoms with Gasteiger partial charge in [-0.1, -0.05) is 36.7 Å². The second-order valence-electron chi connectivity index (χ2n) is 7.50. The largest absolute Gasteiger partial charge is 0.334 e. The molecular weight excluding hydrogens is 376 g/mol. The summed E-state index contributed by atoms with van der Waals surface area (Å²) in [6, 6.07) is 8.49. The van der Waals surface area contributed by atoms with E-state index in [0.717, 1.165) is 42.4 Å². The van der Waals surface area contributed by atoms with Gasteiger partial charge in [-0.2, -0.15) is 10.1 Å². The lowest BCUT2D eigenvalue weighted by Gasteiger charge is -2.30. The quantitative estimate of drug-likeness (QED) is 0.721. The highest BCUT2D eigenvalue weighted by Crippen LogP contribution is 2.31. The van der Waals surface area contributed by atoms with Crippen LogP contribution < -0.4 is 5.32 Å². The van der Waals surface area contributed by atoms with Gasteiger partial charge in [0.1, 0.15) is 0 Å². The average molecular weight is 403 g/mol. The number of likely N-dealkylation sites (N-methyl/N-ethyl adjacent to an activating group) is 1. The molecule has 0 aliphatic carbocycles. The topological polar surface area (TPSA) is 72.0 Å². The number of nitrogens with one attached hydrogen (secondary N) is 1. The van der Waals surface area contributed by atoms with Gasteiger partial charge in [-0.05, 0) is 32.0 Å². The SMILES string of the molecule is Cc1ccc(-n2ncc(-c3nc(C4CNCCN4C)no3)c2C(C)C)cc1.Cl. The molecule has 8 heteroatoms. The Labute approximate surface area is 171 Å². The lowest BCUT2D eigenvalue weighted by molar-refractivity contribution is 0.190. The monoisotopic (exact) mass is 402 g/mol. The number of piperazine rings is 1. The van der Waals surface area contributed by atoms with Gasteiger partial charge in [0.15, 0.2) is 5.82 Å². The van der Waals surface area contributed by atoms with E-state index in [4.69, 9.17) is 9.51 Å². The maximum atomic E-state index is 5.64. The van der Waals surface area contributed by atoms with E-state index in [0.29, 0.717) is 5.89 Å². The van der Waals surface area contributed by atoms with Gasteiger partial charge in [0.05, 0.1) is 29.2 Å². The molecule has 1 unspecified atom stereocenters. The molecule has 0 bridgehead atoms. The number of aryl methyl sites for hydroxylation is 1. The summed E-state index contributed by atoms with van der Waals surface area (Å²) in [5.74, 6) is 1.52. The Bertz CT molecular complexity index is 917. The zero-order chi connectivity index (χ0) is 19.0. The molecule has 1 aromatic carbocycles. The molecule has 150 valence electrons. The van der Waals surface area contributed by atoms with E-state index in [2.05, 4.69) is 72.6 Å². The first-order valence-electron chi connectivity index (χ1n) is 9.44. The molecule has 0 saturated carbocycles. The van der Waals surface area contributed by atoms with Crippen LogP contribution in [0.2, 0.25) is 0 Å². The molecule has 28 heavy (non-hydrogen) atoms. The second-order valence-corrected chi connectivity index (χ2v) is 7.50. The highest BCUT2D eigenvalue weighted by molar-refractivity contribution is 5.85. The molecular formula is C20H27ClN6O. The summed E-state index contributed by atoms with van der Waals surface area (Å²) < 4.78 is 7.61. The second kappa shape index (κ2) is 8.43. The molecule has 1 fully saturated rings. The lowest BCUT2D eigenvalue weighted by atomic mass is 10.1. The predicted octanol–water partition coefficient (Wildman–Crippen LogP) is 3.35. The van der Waals surface area contributed by atoms with Crippen molar-refractivity contribution in [2.45, 2.75) is 32.7 Å². The van der Waals surface area contributed by atoms with Crippen molar-refractivity contribution < 1.29 is 4.52 Å². The highest BCUT2D eigenvalue weighted by atomic mass is 35.5. The summed E-state index contributed by atoms with van der Waals surface area (Å²) in [5.41, 5.74) is 4.23. The number of hydrogen-bond acceptors (Lipinski definition) is 6. The average Bonchev–Trinajstić information content (AvgIpc) is 3.29. The van der Waals surface area contributed by atoms with Crippen LogP contribution in [0.3, 0.4) is 0 Å². The minimum Gasteiger partial charge on any atom is -0.334 e. The van der Waals surface area contributed by atoms with Crippen molar-refractivity contribution in [1.29, 1.82) is 0 Å². The summed E-state index contributed by atoms with van der Waals surface area (Å²) in [5, 5.41) is 12.3. The van der Waals surface area contributed by atoms with E-state index < -0.39 is 0 Å². The third kappa shape index (κ3) is 3.83. The molecule has 0 amide bonds. The van der Waals surface area contributed by atoms with Crippen molar-refractivity contribution in [3.05, 3.63) is 47.5 Å². The lowest BCUT2D eigenvalue weighted by Crippen LogP contribution is -2.44. The van der Waals surface area contributed by atoms with E-state index in [1.807, 2.05) is 10.9 Å². The summed E-state index contributed by atoms with van der Waals surface area (Å²) in [6.45, 7) is 9.17. The molecule has 3 aromatic rings. The van der Waals surface area contributed by atoms with Crippen molar-refractivity contribution in [2.75, 3.05) is 26.7 Å². The van der Waals surface area contributed by atoms with E-state index in [-0.39, 0.29) is 24.4 Å². The standard InChI is InChI=1S/C20H26N6O.ClH/c1-13(2)18-16(11-22-26(18)15-7-5-14(3)6-8-15)20-23-19(24-27-20)17-12-21-9-10-25(17)4;/h5-8,11,13,17,21H,9-10,12H2,1-4H3;1H. The zero-order valence-electron chi connectivity index (χ0n) is 16.7. The third-order valence-corrected chi connectivity index (χ3v) is 5.11. The number of benzene rings is 1. The fourth-order valence-corrected chi connectivity index (χ4v) is 3.54. The van der Waals surface area contributed by atoms with Crippen LogP contribution in [0.4, 0.5) is 0 Å². The number of aromatic nitrogens is 4. The van der Waals surface area contributed by atoms with Crippen LogP contribution in [0.1, 0.15) is 42.9 Å². The van der Waals surface area contributed by atoms with Crippen LogP contribution in [-0.2, 0) is 0 Å². The van der Waals surface area contributed by atoms with Crippen LogP contribution in [-0.4, -0.2) is 51.5 Å². The van der Waals surface area contributed by atoms with Crippen LogP contribution >= 0.6 is 12.4 Å². The molecule has 0 spiro atoms. The van der Waals surface area contributed by atoms with Crippen molar-refractivity contribution in [3.63, 3.8) is 0 Å². The molecule has 1 saturated heterocycles. The first-order valence-corrected chi connectivity index (χ1v) is 9.44. The number of halogens is 1. The van der Waals surface area contributed by atoms with Crippen LogP contribution in [0, 0.1) is 6.92 Å². The number of nitrogens with zero attached hydrogens (tertiary/aromatic N) is 5. The first kappa shape index (κ1) is 20.5. The maximum absolute atomic E-state index is 5.64. The van der Waals surface area contributed by atoms with Crippen molar-refractivity contribution >= 4 is 12.4 Å². The van der Waals surface area contributed by atoms with Crippen LogP contribution in [0.25, 0.3) is 17.1 Å². The van der Waals surface area contributed by atoms with E-state index in [1.165, 1.54) is 5.56 Å². The summed E-state index contributed by atoms with van der Waals surface area (Å²) in [4.78, 5) is 6.96. The van der Waals surface area contributed by atoms with Gasteiger partial charge in [0, 0.05) is 19.6 Å². The third-order valence-electron chi connectivity index (χ3n) is 5.11. The van der Waals surface area contributed by atoms with Gasteiger partial charge in [-0.3, -0.25) is 4.90 Å². The molecule has 3 heterocycles. The summed E-state index contributed by atoms with van der Waals surface area (Å²) >= 11 is 0. The molecule has 7 nitrogen and oxygen atoms in total. The smallest absolute Gasteiger partial charge is 0.261 e. The zero-order valence-corrected chi connectivity index (χ0v) is 17.5. The van der Waals surface area contributed by atoms with Gasteiger partial charge in [-0.25, -0.2) is 4.68 Å². The van der Waals surface area contributed by atoms with Gasteiger partial charge >= 0.3 is 0 Å². The Morgan fingerprint density at radius 2 is 1.96 bits per heavy atom. The molecule has 1 atom stereocenters. The molecule has 1 aliphatic heterocycles. The van der Waals surface area contributed by atoms with Crippen molar-refractivity contribution in [1.82, 2.24) is 30.1 Å². The number of rotatable bonds is 4. The highest BCUT2D eigenvalue weighted by Gasteiger charge is 2.27. The van der Waals surface area contributed by atoms with E-state index in [1.54, 1.807) is 0 Å². The Hall–Kier alpha value is -2.22. The molecule has 0 radical (unpaired) electrons. The van der Waals surface area contributed by atoms with Gasteiger partial charge in [0.25, 0.3) is 5.89 Å². The fraction of sp³-hybridized carbons (Fsp3) is 0.450. The normalized spacial score (nSPS) is 17.7. The minimum atomic E-state index is 0. The first-order chi connectivity index (χ1) is 13.0. The Kier molecular flexibility index (Phi) is 6.17. The Morgan fingerprint density at radius 1 is 1.21 bits per heavy atom. The number of hydrogen-bond donors (Lipinski definition) is 1. The van der Waals surface area contributed by atoms with Crippen LogP contribution in [0.5, 0.6) is 0 Å². The molecule has 1 aliphatic rings.